The Morgan fingerprint density at radius 3 is 2.61 bits per heavy atom. The Morgan fingerprint density at radius 1 is 1.23 bits per heavy atom. The molecule has 2 saturated heterocycles. The van der Waals surface area contributed by atoms with Crippen molar-refractivity contribution in [1.82, 2.24) is 10.6 Å². The quantitative estimate of drug-likeness (QED) is 0.591. The molecule has 0 spiro atoms. The molecule has 8 nitrogen and oxygen atoms in total. The number of ether oxygens (including phenoxy) is 1. The van der Waals surface area contributed by atoms with E-state index in [9.17, 15) is 18.8 Å². The molecule has 3 fully saturated rings. The van der Waals surface area contributed by atoms with Crippen molar-refractivity contribution >= 4 is 23.6 Å². The van der Waals surface area contributed by atoms with Gasteiger partial charge in [0.1, 0.15) is 11.9 Å². The number of amides is 3. The van der Waals surface area contributed by atoms with Crippen molar-refractivity contribution in [2.45, 2.75) is 56.6 Å². The third-order valence-electron chi connectivity index (χ3n) is 6.64. The van der Waals surface area contributed by atoms with E-state index in [0.717, 1.165) is 45.3 Å². The van der Waals surface area contributed by atoms with Crippen LogP contribution < -0.4 is 21.3 Å². The summed E-state index contributed by atoms with van der Waals surface area (Å²) in [4.78, 5) is 36.1. The molecule has 2 aliphatic heterocycles. The summed E-state index contributed by atoms with van der Waals surface area (Å²) in [7, 11) is 0. The highest BCUT2D eigenvalue weighted by Crippen LogP contribution is 2.31. The zero-order valence-electron chi connectivity index (χ0n) is 17.4. The predicted molar refractivity (Wildman–Crippen MR) is 112 cm³/mol. The Labute approximate surface area is 180 Å². The van der Waals surface area contributed by atoms with Crippen molar-refractivity contribution in [3.8, 4) is 0 Å². The van der Waals surface area contributed by atoms with E-state index in [1.54, 1.807) is 12.1 Å². The van der Waals surface area contributed by atoms with Gasteiger partial charge in [0.15, 0.2) is 0 Å². The van der Waals surface area contributed by atoms with Crippen LogP contribution in [0.25, 0.3) is 0 Å². The van der Waals surface area contributed by atoms with Gasteiger partial charge in [0.2, 0.25) is 11.8 Å². The Bertz CT molecular complexity index is 850. The second-order valence-electron chi connectivity index (χ2n) is 8.78. The first-order valence-corrected chi connectivity index (χ1v) is 11.0. The Hall–Kier alpha value is -2.68. The van der Waals surface area contributed by atoms with Crippen LogP contribution in [0.4, 0.5) is 14.9 Å². The number of hydrogen-bond acceptors (Lipinski definition) is 6. The minimum atomic E-state index is -0.715. The molecule has 1 aromatic carbocycles. The van der Waals surface area contributed by atoms with E-state index in [1.165, 1.54) is 6.07 Å². The average Bonchev–Trinajstić information content (AvgIpc) is 2.70. The average molecular weight is 432 g/mol. The number of anilines is 1. The summed E-state index contributed by atoms with van der Waals surface area (Å²) in [6, 6.07) is 5.34. The van der Waals surface area contributed by atoms with E-state index in [2.05, 4.69) is 15.5 Å². The van der Waals surface area contributed by atoms with Gasteiger partial charge in [0, 0.05) is 25.6 Å². The SMILES string of the molecule is NC(=O)OC1CC(NCC2CCN(c3ccc(C4CCC(=O)NC4=O)cc3F)CC2)C1. The van der Waals surface area contributed by atoms with Crippen molar-refractivity contribution in [1.29, 1.82) is 0 Å². The maximum Gasteiger partial charge on any atom is 0.404 e. The van der Waals surface area contributed by atoms with Crippen LogP contribution in [0.5, 0.6) is 0 Å². The molecular weight excluding hydrogens is 403 g/mol. The van der Waals surface area contributed by atoms with Gasteiger partial charge in [-0.3, -0.25) is 14.9 Å². The smallest absolute Gasteiger partial charge is 0.404 e. The van der Waals surface area contributed by atoms with Crippen LogP contribution >= 0.6 is 0 Å². The molecule has 1 saturated carbocycles. The molecule has 31 heavy (non-hydrogen) atoms. The fraction of sp³-hybridized carbons (Fsp3) is 0.591. The predicted octanol–water partition coefficient (Wildman–Crippen LogP) is 1.78. The molecule has 0 radical (unpaired) electrons. The lowest BCUT2D eigenvalue weighted by molar-refractivity contribution is -0.134. The van der Waals surface area contributed by atoms with Crippen LogP contribution in [-0.4, -0.2) is 49.7 Å². The van der Waals surface area contributed by atoms with Crippen molar-refractivity contribution in [3.05, 3.63) is 29.6 Å². The minimum absolute atomic E-state index is 0.0667. The minimum Gasteiger partial charge on any atom is -0.446 e. The summed E-state index contributed by atoms with van der Waals surface area (Å²) >= 11 is 0. The van der Waals surface area contributed by atoms with Gasteiger partial charge in [-0.15, -0.1) is 0 Å². The standard InChI is InChI=1S/C22H29FN4O4/c23-18-9-14(17-2-4-20(28)26-21(17)29)1-3-19(18)27-7-5-13(6-8-27)12-25-15-10-16(11-15)31-22(24)30/h1,3,9,13,15-17,25H,2,4-8,10-12H2,(H2,24,30)(H,26,28,29). The van der Waals surface area contributed by atoms with Crippen LogP contribution in [0.2, 0.25) is 0 Å². The van der Waals surface area contributed by atoms with Crippen LogP contribution in [0.1, 0.15) is 50.0 Å². The Kier molecular flexibility index (Phi) is 6.41. The number of nitrogens with one attached hydrogen (secondary N) is 2. The molecule has 1 aromatic rings. The van der Waals surface area contributed by atoms with Gasteiger partial charge in [0.05, 0.1) is 11.6 Å². The largest absolute Gasteiger partial charge is 0.446 e. The normalized spacial score (nSPS) is 26.9. The number of halogens is 1. The maximum absolute atomic E-state index is 14.8. The van der Waals surface area contributed by atoms with Gasteiger partial charge in [-0.05, 0) is 62.3 Å². The highest BCUT2D eigenvalue weighted by atomic mass is 19.1. The Morgan fingerprint density at radius 2 is 1.97 bits per heavy atom. The highest BCUT2D eigenvalue weighted by molar-refractivity contribution is 6.00. The van der Waals surface area contributed by atoms with E-state index in [4.69, 9.17) is 10.5 Å². The van der Waals surface area contributed by atoms with Gasteiger partial charge in [0.25, 0.3) is 0 Å². The molecule has 1 unspecified atom stereocenters. The number of hydrogen-bond donors (Lipinski definition) is 3. The lowest BCUT2D eigenvalue weighted by atomic mass is 9.88. The molecule has 1 aliphatic carbocycles. The van der Waals surface area contributed by atoms with Crippen LogP contribution in [0.3, 0.4) is 0 Å². The number of carbonyl (C=O) groups excluding carboxylic acids is 3. The fourth-order valence-corrected chi connectivity index (χ4v) is 4.71. The third kappa shape index (κ3) is 5.15. The first kappa shape index (κ1) is 21.5. The van der Waals surface area contributed by atoms with E-state index in [1.807, 2.05) is 0 Å². The molecule has 168 valence electrons. The van der Waals surface area contributed by atoms with E-state index in [-0.39, 0.29) is 30.2 Å². The van der Waals surface area contributed by atoms with E-state index >= 15 is 0 Å². The summed E-state index contributed by atoms with van der Waals surface area (Å²) in [6.45, 7) is 2.46. The monoisotopic (exact) mass is 432 g/mol. The van der Waals surface area contributed by atoms with Crippen molar-refractivity contribution in [2.75, 3.05) is 24.5 Å². The number of nitrogens with zero attached hydrogens (tertiary/aromatic N) is 1. The lowest BCUT2D eigenvalue weighted by Gasteiger charge is -2.38. The number of benzene rings is 1. The summed E-state index contributed by atoms with van der Waals surface area (Å²) in [6.07, 6.45) is 3.44. The van der Waals surface area contributed by atoms with Gasteiger partial charge < -0.3 is 20.7 Å². The Balaban J connectivity index is 1.24. The summed E-state index contributed by atoms with van der Waals surface area (Å²) in [5, 5.41) is 5.85. The van der Waals surface area contributed by atoms with Crippen LogP contribution in [-0.2, 0) is 14.3 Å². The van der Waals surface area contributed by atoms with Gasteiger partial charge in [-0.1, -0.05) is 6.07 Å². The zero-order valence-corrected chi connectivity index (χ0v) is 17.4. The van der Waals surface area contributed by atoms with Crippen molar-refractivity contribution in [2.24, 2.45) is 11.7 Å². The van der Waals surface area contributed by atoms with Crippen LogP contribution in [0.15, 0.2) is 18.2 Å². The number of carbonyl (C=O) groups is 3. The fourth-order valence-electron chi connectivity index (χ4n) is 4.71. The van der Waals surface area contributed by atoms with Crippen LogP contribution in [0, 0.1) is 11.7 Å². The molecule has 3 amide bonds. The molecule has 4 rings (SSSR count). The second-order valence-corrected chi connectivity index (χ2v) is 8.78. The first-order valence-electron chi connectivity index (χ1n) is 11.0. The molecule has 0 aromatic heterocycles. The second kappa shape index (κ2) is 9.21. The highest BCUT2D eigenvalue weighted by Gasteiger charge is 2.32. The topological polar surface area (TPSA) is 114 Å². The molecular formula is C22H29FN4O4. The van der Waals surface area contributed by atoms with Crippen molar-refractivity contribution < 1.29 is 23.5 Å². The zero-order chi connectivity index (χ0) is 22.0. The van der Waals surface area contributed by atoms with Crippen molar-refractivity contribution in [3.63, 3.8) is 0 Å². The van der Waals surface area contributed by atoms with Gasteiger partial charge in [-0.2, -0.15) is 0 Å². The number of piperidine rings is 2. The number of nitrogens with two attached hydrogens (primary N) is 1. The molecule has 9 heteroatoms. The molecule has 1 atom stereocenters. The number of imide groups is 1. The summed E-state index contributed by atoms with van der Waals surface area (Å²) in [5.74, 6) is -0.896. The summed E-state index contributed by atoms with van der Waals surface area (Å²) < 4.78 is 19.8. The molecule has 2 heterocycles. The van der Waals surface area contributed by atoms with E-state index in [0.29, 0.717) is 29.6 Å². The van der Waals surface area contributed by atoms with Gasteiger partial charge in [-0.25, -0.2) is 9.18 Å². The lowest BCUT2D eigenvalue weighted by Crippen LogP contribution is -2.49. The first-order chi connectivity index (χ1) is 14.9. The maximum atomic E-state index is 14.8. The van der Waals surface area contributed by atoms with E-state index < -0.39 is 12.0 Å². The summed E-state index contributed by atoms with van der Waals surface area (Å²) in [5.41, 5.74) is 6.20. The molecule has 3 aliphatic rings. The number of rotatable bonds is 6. The molecule has 4 N–H and O–H groups in total. The third-order valence-corrected chi connectivity index (χ3v) is 6.64. The van der Waals surface area contributed by atoms with Gasteiger partial charge >= 0.3 is 6.09 Å². The molecule has 0 bridgehead atoms. The number of primary amides is 1.